The highest BCUT2D eigenvalue weighted by Crippen LogP contribution is 2.28. The highest BCUT2D eigenvalue weighted by Gasteiger charge is 2.11. The van der Waals surface area contributed by atoms with E-state index >= 15 is 0 Å². The molecule has 2 aromatic carbocycles. The monoisotopic (exact) mass is 339 g/mol. The van der Waals surface area contributed by atoms with Crippen molar-refractivity contribution >= 4 is 27.5 Å². The topological polar surface area (TPSA) is 35.2 Å². The van der Waals surface area contributed by atoms with E-state index in [1.807, 2.05) is 42.5 Å². The predicted octanol–water partition coefficient (Wildman–Crippen LogP) is 4.35. The summed E-state index contributed by atoms with van der Waals surface area (Å²) in [6, 6.07) is 13.5. The molecule has 0 amide bonds. The van der Waals surface area contributed by atoms with Crippen LogP contribution in [0.25, 0.3) is 0 Å². The van der Waals surface area contributed by atoms with Crippen LogP contribution >= 0.6 is 27.5 Å². The van der Waals surface area contributed by atoms with Crippen LogP contribution < -0.4 is 10.5 Å². The zero-order valence-electron chi connectivity index (χ0n) is 10.6. The van der Waals surface area contributed by atoms with Crippen molar-refractivity contribution in [1.82, 2.24) is 0 Å². The minimum Gasteiger partial charge on any atom is -0.497 e. The van der Waals surface area contributed by atoms with Gasteiger partial charge in [-0.15, -0.1) is 0 Å². The molecule has 2 nitrogen and oxygen atoms in total. The lowest BCUT2D eigenvalue weighted by Gasteiger charge is -2.14. The molecule has 0 radical (unpaired) electrons. The van der Waals surface area contributed by atoms with E-state index in [2.05, 4.69) is 15.9 Å². The summed E-state index contributed by atoms with van der Waals surface area (Å²) in [6.07, 6.45) is 0.747. The van der Waals surface area contributed by atoms with Gasteiger partial charge in [-0.1, -0.05) is 45.7 Å². The van der Waals surface area contributed by atoms with Gasteiger partial charge in [-0.3, -0.25) is 0 Å². The first-order chi connectivity index (χ1) is 9.10. The molecule has 4 heteroatoms. The van der Waals surface area contributed by atoms with Crippen LogP contribution in [0.1, 0.15) is 17.2 Å². The van der Waals surface area contributed by atoms with Gasteiger partial charge >= 0.3 is 0 Å². The summed E-state index contributed by atoms with van der Waals surface area (Å²) >= 11 is 9.43. The maximum Gasteiger partial charge on any atom is 0.119 e. The molecule has 0 bridgehead atoms. The Hall–Kier alpha value is -1.03. The lowest BCUT2D eigenvalue weighted by molar-refractivity contribution is 0.414. The maximum atomic E-state index is 6.26. The third-order valence-corrected chi connectivity index (χ3v) is 3.87. The highest BCUT2D eigenvalue weighted by atomic mass is 79.9. The van der Waals surface area contributed by atoms with E-state index in [-0.39, 0.29) is 6.04 Å². The van der Waals surface area contributed by atoms with E-state index in [1.54, 1.807) is 7.11 Å². The fraction of sp³-hybridized carbons (Fsp3) is 0.200. The Morgan fingerprint density at radius 1 is 1.26 bits per heavy atom. The minimum absolute atomic E-state index is 0.0845. The van der Waals surface area contributed by atoms with Gasteiger partial charge in [0, 0.05) is 15.5 Å². The van der Waals surface area contributed by atoms with Crippen molar-refractivity contribution in [2.45, 2.75) is 12.5 Å². The molecule has 1 unspecified atom stereocenters. The molecule has 0 aliphatic carbocycles. The summed E-state index contributed by atoms with van der Waals surface area (Å²) in [4.78, 5) is 0. The van der Waals surface area contributed by atoms with Gasteiger partial charge in [0.05, 0.1) is 7.11 Å². The highest BCUT2D eigenvalue weighted by molar-refractivity contribution is 9.10. The zero-order chi connectivity index (χ0) is 13.8. The van der Waals surface area contributed by atoms with Crippen LogP contribution in [-0.4, -0.2) is 7.11 Å². The molecule has 0 heterocycles. The second-order valence-corrected chi connectivity index (χ2v) is 5.62. The third-order valence-electron chi connectivity index (χ3n) is 2.95. The van der Waals surface area contributed by atoms with Gasteiger partial charge < -0.3 is 10.5 Å². The van der Waals surface area contributed by atoms with E-state index in [0.717, 1.165) is 27.8 Å². The van der Waals surface area contributed by atoms with Crippen molar-refractivity contribution in [2.24, 2.45) is 5.73 Å². The summed E-state index contributed by atoms with van der Waals surface area (Å²) in [5, 5.41) is 0.698. The van der Waals surface area contributed by atoms with Gasteiger partial charge in [-0.25, -0.2) is 0 Å². The smallest absolute Gasteiger partial charge is 0.119 e. The average molecular weight is 341 g/mol. The number of rotatable bonds is 4. The summed E-state index contributed by atoms with van der Waals surface area (Å²) in [5.74, 6) is 0.847. The van der Waals surface area contributed by atoms with Gasteiger partial charge in [0.15, 0.2) is 0 Å². The van der Waals surface area contributed by atoms with E-state index in [0.29, 0.717) is 5.02 Å². The SMILES string of the molecule is COc1cccc(CC(N)c2ccc(Cl)cc2Br)c1. The van der Waals surface area contributed by atoms with Crippen LogP contribution in [0.3, 0.4) is 0 Å². The molecule has 0 saturated heterocycles. The fourth-order valence-electron chi connectivity index (χ4n) is 1.97. The van der Waals surface area contributed by atoms with E-state index in [4.69, 9.17) is 22.1 Å². The van der Waals surface area contributed by atoms with Crippen molar-refractivity contribution in [3.8, 4) is 5.75 Å². The van der Waals surface area contributed by atoms with E-state index in [1.165, 1.54) is 0 Å². The van der Waals surface area contributed by atoms with E-state index in [9.17, 15) is 0 Å². The second-order valence-electron chi connectivity index (χ2n) is 4.33. The maximum absolute atomic E-state index is 6.26. The number of ether oxygens (including phenoxy) is 1. The standard InChI is InChI=1S/C15H15BrClNO/c1-19-12-4-2-3-10(7-12)8-15(18)13-6-5-11(17)9-14(13)16/h2-7,9,15H,8,18H2,1H3. The molecule has 0 spiro atoms. The Bertz CT molecular complexity index is 574. The van der Waals surface area contributed by atoms with E-state index < -0.39 is 0 Å². The summed E-state index contributed by atoms with van der Waals surface area (Å²) < 4.78 is 6.15. The average Bonchev–Trinajstić information content (AvgIpc) is 2.38. The quantitative estimate of drug-likeness (QED) is 0.898. The zero-order valence-corrected chi connectivity index (χ0v) is 12.9. The Balaban J connectivity index is 2.17. The summed E-state index contributed by atoms with van der Waals surface area (Å²) in [6.45, 7) is 0. The van der Waals surface area contributed by atoms with Crippen LogP contribution in [0.4, 0.5) is 0 Å². The predicted molar refractivity (Wildman–Crippen MR) is 82.8 cm³/mol. The molecule has 2 N–H and O–H groups in total. The van der Waals surface area contributed by atoms with Crippen molar-refractivity contribution in [3.63, 3.8) is 0 Å². The largest absolute Gasteiger partial charge is 0.497 e. The Morgan fingerprint density at radius 2 is 2.05 bits per heavy atom. The first-order valence-corrected chi connectivity index (χ1v) is 7.10. The molecule has 2 rings (SSSR count). The fourth-order valence-corrected chi connectivity index (χ4v) is 2.94. The van der Waals surface area contributed by atoms with Gasteiger partial charge in [0.25, 0.3) is 0 Å². The van der Waals surface area contributed by atoms with Crippen LogP contribution in [0.2, 0.25) is 5.02 Å². The Kier molecular flexibility index (Phi) is 4.86. The molecule has 0 aliphatic heterocycles. The van der Waals surface area contributed by atoms with Gasteiger partial charge in [0.2, 0.25) is 0 Å². The molecule has 19 heavy (non-hydrogen) atoms. The molecule has 0 aliphatic rings. The second kappa shape index (κ2) is 6.42. The minimum atomic E-state index is -0.0845. The molecule has 100 valence electrons. The molecule has 0 saturated carbocycles. The molecule has 1 atom stereocenters. The van der Waals surface area contributed by atoms with Crippen LogP contribution in [0, 0.1) is 0 Å². The van der Waals surface area contributed by atoms with Crippen molar-refractivity contribution < 1.29 is 4.74 Å². The van der Waals surface area contributed by atoms with Gasteiger partial charge in [0.1, 0.15) is 5.75 Å². The number of hydrogen-bond donors (Lipinski definition) is 1. The first kappa shape index (κ1) is 14.4. The van der Waals surface area contributed by atoms with Crippen LogP contribution in [-0.2, 0) is 6.42 Å². The lowest BCUT2D eigenvalue weighted by atomic mass is 9.99. The van der Waals surface area contributed by atoms with Crippen molar-refractivity contribution in [1.29, 1.82) is 0 Å². The number of hydrogen-bond acceptors (Lipinski definition) is 2. The molecular weight excluding hydrogens is 326 g/mol. The molecule has 0 fully saturated rings. The Morgan fingerprint density at radius 3 is 2.74 bits per heavy atom. The third kappa shape index (κ3) is 3.72. The number of nitrogens with two attached hydrogens (primary N) is 1. The molecular formula is C15H15BrClNO. The summed E-state index contributed by atoms with van der Waals surface area (Å²) in [5.41, 5.74) is 8.45. The van der Waals surface area contributed by atoms with Crippen molar-refractivity contribution in [2.75, 3.05) is 7.11 Å². The van der Waals surface area contributed by atoms with Gasteiger partial charge in [-0.2, -0.15) is 0 Å². The summed E-state index contributed by atoms with van der Waals surface area (Å²) in [7, 11) is 1.66. The number of methoxy groups -OCH3 is 1. The molecule has 0 aromatic heterocycles. The van der Waals surface area contributed by atoms with Gasteiger partial charge in [-0.05, 0) is 41.8 Å². The molecule has 2 aromatic rings. The Labute approximate surface area is 126 Å². The first-order valence-electron chi connectivity index (χ1n) is 5.93. The lowest BCUT2D eigenvalue weighted by Crippen LogP contribution is -2.14. The van der Waals surface area contributed by atoms with Crippen LogP contribution in [0.5, 0.6) is 5.75 Å². The van der Waals surface area contributed by atoms with Crippen molar-refractivity contribution in [3.05, 3.63) is 63.1 Å². The number of benzene rings is 2. The number of halogens is 2. The van der Waals surface area contributed by atoms with Crippen LogP contribution in [0.15, 0.2) is 46.9 Å². The normalized spacial score (nSPS) is 12.2.